The molecule has 1 atom stereocenters. The highest BCUT2D eigenvalue weighted by atomic mass is 19.3. The normalized spacial score (nSPS) is 29.2. The number of hydrogen-bond acceptors (Lipinski definition) is 1. The molecule has 1 saturated carbocycles. The van der Waals surface area contributed by atoms with Gasteiger partial charge in [0.15, 0.2) is 0 Å². The van der Waals surface area contributed by atoms with E-state index >= 15 is 0 Å². The summed E-state index contributed by atoms with van der Waals surface area (Å²) in [5, 5.41) is 3.29. The molecule has 2 fully saturated rings. The van der Waals surface area contributed by atoms with Gasteiger partial charge >= 0.3 is 0 Å². The molecule has 2 rings (SSSR count). The summed E-state index contributed by atoms with van der Waals surface area (Å²) in [6.45, 7) is 1.93. The minimum Gasteiger partial charge on any atom is -0.317 e. The molecule has 1 saturated heterocycles. The summed E-state index contributed by atoms with van der Waals surface area (Å²) in [6, 6.07) is 0. The van der Waals surface area contributed by atoms with E-state index in [0.717, 1.165) is 58.0 Å². The SMILES string of the molecule is FC(F)(CC1CCCNCC1)C1CCCC1. The minimum absolute atomic E-state index is 0.138. The molecule has 0 aromatic heterocycles. The number of rotatable bonds is 3. The van der Waals surface area contributed by atoms with Crippen LogP contribution in [-0.4, -0.2) is 19.0 Å². The maximum Gasteiger partial charge on any atom is 0.251 e. The summed E-state index contributed by atoms with van der Waals surface area (Å²) in [6.07, 6.45) is 6.62. The fraction of sp³-hybridized carbons (Fsp3) is 1.00. The van der Waals surface area contributed by atoms with E-state index in [1.807, 2.05) is 0 Å². The predicted octanol–water partition coefficient (Wildman–Crippen LogP) is 3.59. The number of nitrogens with one attached hydrogen (secondary N) is 1. The molecule has 1 heterocycles. The molecule has 1 N–H and O–H groups in total. The van der Waals surface area contributed by atoms with Gasteiger partial charge in [-0.25, -0.2) is 8.78 Å². The molecule has 0 bridgehead atoms. The zero-order valence-corrected chi connectivity index (χ0v) is 9.98. The summed E-state index contributed by atoms with van der Waals surface area (Å²) in [5.41, 5.74) is 0. The average Bonchev–Trinajstić information content (AvgIpc) is 2.67. The topological polar surface area (TPSA) is 12.0 Å². The molecule has 1 unspecified atom stereocenters. The highest BCUT2D eigenvalue weighted by molar-refractivity contribution is 4.84. The summed E-state index contributed by atoms with van der Waals surface area (Å²) >= 11 is 0. The first kappa shape index (κ1) is 12.3. The van der Waals surface area contributed by atoms with Crippen molar-refractivity contribution in [1.29, 1.82) is 0 Å². The molecule has 0 amide bonds. The van der Waals surface area contributed by atoms with Crippen LogP contribution in [0.5, 0.6) is 0 Å². The molecule has 94 valence electrons. The molecule has 16 heavy (non-hydrogen) atoms. The number of alkyl halides is 2. The van der Waals surface area contributed by atoms with Gasteiger partial charge in [-0.05, 0) is 51.1 Å². The fourth-order valence-electron chi connectivity index (χ4n) is 3.20. The lowest BCUT2D eigenvalue weighted by atomic mass is 9.87. The van der Waals surface area contributed by atoms with Crippen LogP contribution < -0.4 is 5.32 Å². The van der Waals surface area contributed by atoms with Gasteiger partial charge < -0.3 is 5.32 Å². The second-order valence-electron chi connectivity index (χ2n) is 5.49. The molecular formula is C13H23F2N. The Bertz CT molecular complexity index is 204. The number of hydrogen-bond donors (Lipinski definition) is 1. The van der Waals surface area contributed by atoms with Crippen LogP contribution in [0, 0.1) is 11.8 Å². The van der Waals surface area contributed by atoms with Gasteiger partial charge in [-0.1, -0.05) is 12.8 Å². The molecule has 0 aromatic rings. The highest BCUT2D eigenvalue weighted by Gasteiger charge is 2.42. The third-order valence-corrected chi connectivity index (χ3v) is 4.21. The first-order valence-corrected chi connectivity index (χ1v) is 6.77. The summed E-state index contributed by atoms with van der Waals surface area (Å²) in [5.74, 6) is -2.47. The van der Waals surface area contributed by atoms with Gasteiger partial charge in [0.05, 0.1) is 0 Å². The Balaban J connectivity index is 1.85. The smallest absolute Gasteiger partial charge is 0.251 e. The van der Waals surface area contributed by atoms with Gasteiger partial charge in [0, 0.05) is 12.3 Å². The minimum atomic E-state index is -2.40. The van der Waals surface area contributed by atoms with Crippen LogP contribution in [0.25, 0.3) is 0 Å². The van der Waals surface area contributed by atoms with E-state index in [9.17, 15) is 8.78 Å². The Morgan fingerprint density at radius 1 is 0.938 bits per heavy atom. The van der Waals surface area contributed by atoms with E-state index in [-0.39, 0.29) is 18.3 Å². The highest BCUT2D eigenvalue weighted by Crippen LogP contribution is 2.42. The van der Waals surface area contributed by atoms with Gasteiger partial charge in [-0.3, -0.25) is 0 Å². The van der Waals surface area contributed by atoms with Gasteiger partial charge in [0.1, 0.15) is 0 Å². The first-order valence-electron chi connectivity index (χ1n) is 6.77. The van der Waals surface area contributed by atoms with Crippen molar-refractivity contribution in [3.8, 4) is 0 Å². The van der Waals surface area contributed by atoms with Crippen LogP contribution in [-0.2, 0) is 0 Å². The van der Waals surface area contributed by atoms with Crippen molar-refractivity contribution in [2.75, 3.05) is 13.1 Å². The molecule has 2 aliphatic rings. The van der Waals surface area contributed by atoms with Crippen molar-refractivity contribution in [3.05, 3.63) is 0 Å². The van der Waals surface area contributed by atoms with Crippen molar-refractivity contribution in [2.45, 2.75) is 57.3 Å². The summed E-state index contributed by atoms with van der Waals surface area (Å²) in [4.78, 5) is 0. The van der Waals surface area contributed by atoms with E-state index in [4.69, 9.17) is 0 Å². The van der Waals surface area contributed by atoms with Crippen molar-refractivity contribution < 1.29 is 8.78 Å². The molecule has 1 aliphatic heterocycles. The Morgan fingerprint density at radius 2 is 1.69 bits per heavy atom. The molecule has 0 spiro atoms. The fourth-order valence-corrected chi connectivity index (χ4v) is 3.20. The third-order valence-electron chi connectivity index (χ3n) is 4.21. The van der Waals surface area contributed by atoms with Crippen molar-refractivity contribution in [1.82, 2.24) is 5.32 Å². The zero-order chi connectivity index (χ0) is 11.4. The van der Waals surface area contributed by atoms with E-state index in [1.54, 1.807) is 0 Å². The second-order valence-corrected chi connectivity index (χ2v) is 5.49. The Morgan fingerprint density at radius 3 is 2.44 bits per heavy atom. The standard InChI is InChI=1S/C13H23F2N/c14-13(15,12-5-1-2-6-12)10-11-4-3-8-16-9-7-11/h11-12,16H,1-10H2. The molecule has 0 radical (unpaired) electrons. The predicted molar refractivity (Wildman–Crippen MR) is 61.7 cm³/mol. The van der Waals surface area contributed by atoms with Gasteiger partial charge in [0.25, 0.3) is 5.92 Å². The van der Waals surface area contributed by atoms with Crippen molar-refractivity contribution in [2.24, 2.45) is 11.8 Å². The Hall–Kier alpha value is -0.180. The van der Waals surface area contributed by atoms with Gasteiger partial charge in [0.2, 0.25) is 0 Å². The van der Waals surface area contributed by atoms with Gasteiger partial charge in [-0.2, -0.15) is 0 Å². The third kappa shape index (κ3) is 3.16. The molecule has 3 heteroatoms. The Labute approximate surface area is 97.0 Å². The average molecular weight is 231 g/mol. The zero-order valence-electron chi connectivity index (χ0n) is 9.98. The molecular weight excluding hydrogens is 208 g/mol. The maximum atomic E-state index is 14.0. The van der Waals surface area contributed by atoms with E-state index < -0.39 is 5.92 Å². The maximum absolute atomic E-state index is 14.0. The summed E-state index contributed by atoms with van der Waals surface area (Å²) < 4.78 is 28.1. The van der Waals surface area contributed by atoms with Crippen LogP contribution in [0.1, 0.15) is 51.4 Å². The van der Waals surface area contributed by atoms with Crippen LogP contribution in [0.2, 0.25) is 0 Å². The second kappa shape index (κ2) is 5.44. The van der Waals surface area contributed by atoms with Crippen LogP contribution >= 0.6 is 0 Å². The lowest BCUT2D eigenvalue weighted by Gasteiger charge is -2.27. The van der Waals surface area contributed by atoms with Gasteiger partial charge in [-0.15, -0.1) is 0 Å². The Kier molecular flexibility index (Phi) is 4.17. The molecule has 0 aromatic carbocycles. The molecule has 1 nitrogen and oxygen atoms in total. The number of halogens is 2. The van der Waals surface area contributed by atoms with E-state index in [2.05, 4.69) is 5.32 Å². The largest absolute Gasteiger partial charge is 0.317 e. The summed E-state index contributed by atoms with van der Waals surface area (Å²) in [7, 11) is 0. The molecule has 1 aliphatic carbocycles. The van der Waals surface area contributed by atoms with Crippen molar-refractivity contribution >= 4 is 0 Å². The van der Waals surface area contributed by atoms with Crippen LogP contribution in [0.4, 0.5) is 8.78 Å². The van der Waals surface area contributed by atoms with E-state index in [1.165, 1.54) is 0 Å². The monoisotopic (exact) mass is 231 g/mol. The lowest BCUT2D eigenvalue weighted by molar-refractivity contribution is -0.0761. The van der Waals surface area contributed by atoms with Crippen LogP contribution in [0.3, 0.4) is 0 Å². The quantitative estimate of drug-likeness (QED) is 0.782. The van der Waals surface area contributed by atoms with Crippen molar-refractivity contribution in [3.63, 3.8) is 0 Å². The lowest BCUT2D eigenvalue weighted by Crippen LogP contribution is -2.29. The van der Waals surface area contributed by atoms with Crippen LogP contribution in [0.15, 0.2) is 0 Å². The van der Waals surface area contributed by atoms with E-state index in [0.29, 0.717) is 0 Å². The first-order chi connectivity index (χ1) is 7.68.